The molecule has 1 amide bonds. The van der Waals surface area contributed by atoms with Crippen LogP contribution in [0.15, 0.2) is 22.7 Å². The summed E-state index contributed by atoms with van der Waals surface area (Å²) in [5.41, 5.74) is 0. The highest BCUT2D eigenvalue weighted by molar-refractivity contribution is 7.99. The topological polar surface area (TPSA) is 59.8 Å². The van der Waals surface area contributed by atoms with Crippen LogP contribution in [0.25, 0.3) is 0 Å². The molecule has 24 heavy (non-hydrogen) atoms. The Labute approximate surface area is 151 Å². The van der Waals surface area contributed by atoms with E-state index >= 15 is 0 Å². The Morgan fingerprint density at radius 2 is 2.25 bits per heavy atom. The molecule has 0 aromatic carbocycles. The van der Waals surface area contributed by atoms with Crippen LogP contribution in [0.5, 0.6) is 0 Å². The van der Waals surface area contributed by atoms with Gasteiger partial charge in [-0.15, -0.1) is 21.5 Å². The molecular weight excluding hydrogens is 340 g/mol. The zero-order valence-corrected chi connectivity index (χ0v) is 15.8. The van der Waals surface area contributed by atoms with Crippen molar-refractivity contribution in [3.8, 4) is 0 Å². The van der Waals surface area contributed by atoms with E-state index in [0.29, 0.717) is 11.7 Å². The van der Waals surface area contributed by atoms with Gasteiger partial charge in [0.1, 0.15) is 5.82 Å². The van der Waals surface area contributed by atoms with Gasteiger partial charge in [-0.2, -0.15) is 0 Å². The van der Waals surface area contributed by atoms with Crippen LogP contribution in [-0.4, -0.2) is 26.4 Å². The van der Waals surface area contributed by atoms with E-state index in [-0.39, 0.29) is 11.9 Å². The number of nitrogens with one attached hydrogen (secondary N) is 1. The van der Waals surface area contributed by atoms with E-state index in [1.807, 2.05) is 6.07 Å². The highest BCUT2D eigenvalue weighted by atomic mass is 32.2. The number of rotatable bonds is 6. The molecular formula is C17H24N4OS2. The average Bonchev–Trinajstić information content (AvgIpc) is 3.16. The highest BCUT2D eigenvalue weighted by Crippen LogP contribution is 2.26. The summed E-state index contributed by atoms with van der Waals surface area (Å²) >= 11 is 3.18. The maximum atomic E-state index is 12.4. The van der Waals surface area contributed by atoms with E-state index in [9.17, 15) is 4.79 Å². The molecule has 1 N–H and O–H groups in total. The summed E-state index contributed by atoms with van der Waals surface area (Å²) in [6, 6.07) is 4.19. The highest BCUT2D eigenvalue weighted by Gasteiger charge is 2.20. The minimum Gasteiger partial charge on any atom is -0.347 e. The smallest absolute Gasteiger partial charge is 0.230 e. The fourth-order valence-corrected chi connectivity index (χ4v) is 4.69. The van der Waals surface area contributed by atoms with Gasteiger partial charge in [-0.05, 0) is 30.2 Å². The van der Waals surface area contributed by atoms with Gasteiger partial charge in [0.25, 0.3) is 0 Å². The Hall–Kier alpha value is -1.34. The van der Waals surface area contributed by atoms with Crippen molar-refractivity contribution in [2.75, 3.05) is 5.75 Å². The van der Waals surface area contributed by atoms with Crippen LogP contribution in [0.1, 0.15) is 49.9 Å². The summed E-state index contributed by atoms with van der Waals surface area (Å²) in [6.07, 6.45) is 4.58. The van der Waals surface area contributed by atoms with E-state index in [4.69, 9.17) is 0 Å². The van der Waals surface area contributed by atoms with Crippen LogP contribution in [0, 0.1) is 5.92 Å². The van der Waals surface area contributed by atoms with Crippen molar-refractivity contribution in [3.63, 3.8) is 0 Å². The Balaban J connectivity index is 1.58. The van der Waals surface area contributed by atoms with E-state index in [2.05, 4.69) is 45.4 Å². The SMILES string of the molecule is CC(C)C(NC(=O)CSc1nnc2n1CCCCC2)c1cccs1. The fourth-order valence-electron chi connectivity index (χ4n) is 2.94. The first-order valence-electron chi connectivity index (χ1n) is 8.53. The van der Waals surface area contributed by atoms with Gasteiger partial charge in [0.15, 0.2) is 5.16 Å². The van der Waals surface area contributed by atoms with E-state index in [1.54, 1.807) is 11.3 Å². The van der Waals surface area contributed by atoms with Crippen molar-refractivity contribution in [2.45, 2.75) is 57.3 Å². The molecule has 0 saturated carbocycles. The van der Waals surface area contributed by atoms with Crippen molar-refractivity contribution >= 4 is 29.0 Å². The maximum absolute atomic E-state index is 12.4. The summed E-state index contributed by atoms with van der Waals surface area (Å²) in [5.74, 6) is 1.86. The van der Waals surface area contributed by atoms with Crippen LogP contribution in [0.2, 0.25) is 0 Å². The third-order valence-corrected chi connectivity index (χ3v) is 6.16. The van der Waals surface area contributed by atoms with E-state index < -0.39 is 0 Å². The molecule has 2 aromatic heterocycles. The molecule has 0 fully saturated rings. The molecule has 3 heterocycles. The summed E-state index contributed by atoms with van der Waals surface area (Å²) in [5, 5.41) is 14.7. The predicted molar refractivity (Wildman–Crippen MR) is 98.3 cm³/mol. The number of carbonyl (C=O) groups is 1. The number of hydrogen-bond donors (Lipinski definition) is 1. The molecule has 0 radical (unpaired) electrons. The zero-order valence-electron chi connectivity index (χ0n) is 14.2. The molecule has 1 atom stereocenters. The standard InChI is InChI=1S/C17H24N4OS2/c1-12(2)16(13-7-6-10-23-13)18-15(22)11-24-17-20-19-14-8-4-3-5-9-21(14)17/h6-7,10,12,16H,3-5,8-9,11H2,1-2H3,(H,18,22). The number of amides is 1. The Morgan fingerprint density at radius 3 is 3.00 bits per heavy atom. The Bertz CT molecular complexity index is 666. The van der Waals surface area contributed by atoms with Gasteiger partial charge in [-0.25, -0.2) is 0 Å². The molecule has 1 aliphatic heterocycles. The quantitative estimate of drug-likeness (QED) is 0.795. The number of carbonyl (C=O) groups excluding carboxylic acids is 1. The summed E-state index contributed by atoms with van der Waals surface area (Å²) < 4.78 is 2.18. The fraction of sp³-hybridized carbons (Fsp3) is 0.588. The van der Waals surface area contributed by atoms with Crippen molar-refractivity contribution in [1.82, 2.24) is 20.1 Å². The number of hydrogen-bond acceptors (Lipinski definition) is 5. The van der Waals surface area contributed by atoms with Gasteiger partial charge in [-0.3, -0.25) is 4.79 Å². The molecule has 1 unspecified atom stereocenters. The first-order valence-corrected chi connectivity index (χ1v) is 10.4. The zero-order chi connectivity index (χ0) is 16.9. The van der Waals surface area contributed by atoms with Gasteiger partial charge < -0.3 is 9.88 Å². The molecule has 5 nitrogen and oxygen atoms in total. The van der Waals surface area contributed by atoms with Crippen molar-refractivity contribution in [1.29, 1.82) is 0 Å². The van der Waals surface area contributed by atoms with Gasteiger partial charge in [0.2, 0.25) is 5.91 Å². The normalized spacial score (nSPS) is 15.8. The predicted octanol–water partition coefficient (Wildman–Crippen LogP) is 3.67. The largest absolute Gasteiger partial charge is 0.347 e. The minimum absolute atomic E-state index is 0.0538. The van der Waals surface area contributed by atoms with Crippen LogP contribution < -0.4 is 5.32 Å². The number of thioether (sulfide) groups is 1. The Morgan fingerprint density at radius 1 is 1.38 bits per heavy atom. The molecule has 130 valence electrons. The van der Waals surface area contributed by atoms with Gasteiger partial charge in [-0.1, -0.05) is 38.1 Å². The summed E-state index contributed by atoms with van der Waals surface area (Å²) in [7, 11) is 0. The van der Waals surface area contributed by atoms with E-state index in [0.717, 1.165) is 23.9 Å². The lowest BCUT2D eigenvalue weighted by Gasteiger charge is -2.21. The monoisotopic (exact) mass is 364 g/mol. The second-order valence-electron chi connectivity index (χ2n) is 6.45. The van der Waals surface area contributed by atoms with Gasteiger partial charge in [0, 0.05) is 17.8 Å². The number of fused-ring (bicyclic) bond motifs is 1. The van der Waals surface area contributed by atoms with Crippen LogP contribution in [0.3, 0.4) is 0 Å². The number of aryl methyl sites for hydroxylation is 1. The molecule has 0 aliphatic carbocycles. The van der Waals surface area contributed by atoms with Crippen molar-refractivity contribution < 1.29 is 4.79 Å². The summed E-state index contributed by atoms with van der Waals surface area (Å²) in [4.78, 5) is 13.6. The van der Waals surface area contributed by atoms with Crippen LogP contribution >= 0.6 is 23.1 Å². The Kier molecular flexibility index (Phi) is 5.94. The third-order valence-electron chi connectivity index (χ3n) is 4.24. The second kappa shape index (κ2) is 8.16. The maximum Gasteiger partial charge on any atom is 0.230 e. The minimum atomic E-state index is 0.0538. The lowest BCUT2D eigenvalue weighted by atomic mass is 10.0. The molecule has 1 aliphatic rings. The van der Waals surface area contributed by atoms with Crippen LogP contribution in [0.4, 0.5) is 0 Å². The summed E-state index contributed by atoms with van der Waals surface area (Å²) in [6.45, 7) is 5.24. The van der Waals surface area contributed by atoms with Gasteiger partial charge in [0.05, 0.1) is 11.8 Å². The second-order valence-corrected chi connectivity index (χ2v) is 8.38. The van der Waals surface area contributed by atoms with Gasteiger partial charge >= 0.3 is 0 Å². The third kappa shape index (κ3) is 4.19. The molecule has 3 rings (SSSR count). The van der Waals surface area contributed by atoms with E-state index in [1.165, 1.54) is 35.9 Å². The van der Waals surface area contributed by atoms with Crippen LogP contribution in [-0.2, 0) is 17.8 Å². The number of thiophene rings is 1. The molecule has 0 spiro atoms. The lowest BCUT2D eigenvalue weighted by Crippen LogP contribution is -2.32. The molecule has 2 aromatic rings. The molecule has 0 saturated heterocycles. The van der Waals surface area contributed by atoms with Crippen molar-refractivity contribution in [2.24, 2.45) is 5.92 Å². The molecule has 0 bridgehead atoms. The number of nitrogens with zero attached hydrogens (tertiary/aromatic N) is 3. The number of aromatic nitrogens is 3. The van der Waals surface area contributed by atoms with Crippen molar-refractivity contribution in [3.05, 3.63) is 28.2 Å². The first-order chi connectivity index (χ1) is 11.6. The average molecular weight is 365 g/mol. The first kappa shape index (κ1) is 17.5. The lowest BCUT2D eigenvalue weighted by molar-refractivity contribution is -0.119. The molecule has 7 heteroatoms.